The molecule has 0 bridgehead atoms. The molecule has 27 heavy (non-hydrogen) atoms. The van der Waals surface area contributed by atoms with Crippen molar-refractivity contribution in [3.63, 3.8) is 0 Å². The van der Waals surface area contributed by atoms with Crippen molar-refractivity contribution >= 4 is 5.91 Å². The van der Waals surface area contributed by atoms with Crippen LogP contribution in [0.5, 0.6) is 5.75 Å². The van der Waals surface area contributed by atoms with Crippen LogP contribution < -0.4 is 10.1 Å². The van der Waals surface area contributed by atoms with Crippen molar-refractivity contribution in [2.45, 2.75) is 39.7 Å². The quantitative estimate of drug-likeness (QED) is 0.750. The van der Waals surface area contributed by atoms with E-state index in [4.69, 9.17) is 4.74 Å². The first-order valence-corrected chi connectivity index (χ1v) is 9.92. The van der Waals surface area contributed by atoms with Gasteiger partial charge in [0.05, 0.1) is 6.54 Å². The molecule has 3 rings (SSSR count). The highest BCUT2D eigenvalue weighted by Crippen LogP contribution is 2.20. The number of hydrogen-bond acceptors (Lipinski definition) is 3. The van der Waals surface area contributed by atoms with Gasteiger partial charge in [-0.1, -0.05) is 30.7 Å². The maximum absolute atomic E-state index is 12.3. The van der Waals surface area contributed by atoms with Crippen molar-refractivity contribution in [1.29, 1.82) is 0 Å². The Hall–Kier alpha value is -2.33. The fourth-order valence-corrected chi connectivity index (χ4v) is 3.45. The standard InChI is InChI=1S/C23H30N2O2/c1-18-7-6-8-22(19(18)2)27-16-13-24-23(26)21-11-9-20(10-12-21)17-25-14-4-3-5-15-25/h6-12H,3-5,13-17H2,1-2H3,(H,24,26). The maximum Gasteiger partial charge on any atom is 0.251 e. The van der Waals surface area contributed by atoms with Gasteiger partial charge < -0.3 is 10.1 Å². The number of carbonyl (C=O) groups is 1. The molecule has 2 aromatic carbocycles. The third-order valence-electron chi connectivity index (χ3n) is 5.27. The normalized spacial score (nSPS) is 14.7. The van der Waals surface area contributed by atoms with Gasteiger partial charge in [0, 0.05) is 12.1 Å². The number of aryl methyl sites for hydroxylation is 1. The topological polar surface area (TPSA) is 41.6 Å². The summed E-state index contributed by atoms with van der Waals surface area (Å²) in [5.74, 6) is 0.829. The van der Waals surface area contributed by atoms with Gasteiger partial charge in [0.2, 0.25) is 0 Å². The molecule has 2 aromatic rings. The number of benzene rings is 2. The summed E-state index contributed by atoms with van der Waals surface area (Å²) in [5, 5.41) is 2.93. The summed E-state index contributed by atoms with van der Waals surface area (Å²) in [5.41, 5.74) is 4.32. The van der Waals surface area contributed by atoms with Crippen LogP contribution in [0.1, 0.15) is 46.3 Å². The van der Waals surface area contributed by atoms with Crippen LogP contribution in [-0.4, -0.2) is 37.0 Å². The molecule has 0 saturated carbocycles. The molecular weight excluding hydrogens is 336 g/mol. The number of carbonyl (C=O) groups excluding carboxylic acids is 1. The van der Waals surface area contributed by atoms with E-state index in [2.05, 4.69) is 42.3 Å². The van der Waals surface area contributed by atoms with Gasteiger partial charge in [-0.25, -0.2) is 0 Å². The third-order valence-corrected chi connectivity index (χ3v) is 5.27. The van der Waals surface area contributed by atoms with Gasteiger partial charge in [-0.2, -0.15) is 0 Å². The lowest BCUT2D eigenvalue weighted by atomic mass is 10.1. The lowest BCUT2D eigenvalue weighted by Crippen LogP contribution is -2.29. The number of ether oxygens (including phenoxy) is 1. The summed E-state index contributed by atoms with van der Waals surface area (Å²) in [4.78, 5) is 14.8. The number of amides is 1. The van der Waals surface area contributed by atoms with Crippen molar-refractivity contribution < 1.29 is 9.53 Å². The van der Waals surface area contributed by atoms with Crippen molar-refractivity contribution in [3.05, 3.63) is 64.7 Å². The molecule has 1 N–H and O–H groups in total. The fraction of sp³-hybridized carbons (Fsp3) is 0.435. The van der Waals surface area contributed by atoms with Crippen molar-refractivity contribution in [1.82, 2.24) is 10.2 Å². The van der Waals surface area contributed by atoms with Crippen LogP contribution in [0, 0.1) is 13.8 Å². The van der Waals surface area contributed by atoms with Crippen LogP contribution in [0.25, 0.3) is 0 Å². The Morgan fingerprint density at radius 3 is 2.52 bits per heavy atom. The second-order valence-electron chi connectivity index (χ2n) is 7.34. The summed E-state index contributed by atoms with van der Waals surface area (Å²) in [6.07, 6.45) is 3.94. The van der Waals surface area contributed by atoms with E-state index in [9.17, 15) is 4.79 Å². The molecular formula is C23H30N2O2. The second-order valence-corrected chi connectivity index (χ2v) is 7.34. The average Bonchev–Trinajstić information content (AvgIpc) is 2.69. The summed E-state index contributed by atoms with van der Waals surface area (Å²) in [6, 6.07) is 14.0. The number of rotatable bonds is 7. The van der Waals surface area contributed by atoms with Gasteiger partial charge in [0.1, 0.15) is 12.4 Å². The Morgan fingerprint density at radius 2 is 1.78 bits per heavy atom. The average molecular weight is 367 g/mol. The van der Waals surface area contributed by atoms with Crippen LogP contribution in [0.15, 0.2) is 42.5 Å². The predicted octanol–water partition coefficient (Wildman–Crippen LogP) is 4.10. The molecule has 0 aromatic heterocycles. The Kier molecular flexibility index (Phi) is 6.88. The van der Waals surface area contributed by atoms with E-state index in [0.717, 1.165) is 17.9 Å². The minimum absolute atomic E-state index is 0.0518. The minimum atomic E-state index is -0.0518. The van der Waals surface area contributed by atoms with Gasteiger partial charge in [-0.05, 0) is 74.7 Å². The Bertz CT molecular complexity index is 749. The highest BCUT2D eigenvalue weighted by Gasteiger charge is 2.11. The van der Waals surface area contributed by atoms with Crippen molar-refractivity contribution in [3.8, 4) is 5.75 Å². The van der Waals surface area contributed by atoms with Gasteiger partial charge in [-0.15, -0.1) is 0 Å². The highest BCUT2D eigenvalue weighted by atomic mass is 16.5. The molecule has 1 amide bonds. The van der Waals surface area contributed by atoms with Gasteiger partial charge in [-0.3, -0.25) is 9.69 Å². The fourth-order valence-electron chi connectivity index (χ4n) is 3.45. The smallest absolute Gasteiger partial charge is 0.251 e. The molecule has 4 nitrogen and oxygen atoms in total. The molecule has 0 atom stereocenters. The second kappa shape index (κ2) is 9.56. The van der Waals surface area contributed by atoms with Crippen LogP contribution in [0.2, 0.25) is 0 Å². The van der Waals surface area contributed by atoms with E-state index in [1.807, 2.05) is 24.3 Å². The van der Waals surface area contributed by atoms with E-state index in [1.54, 1.807) is 0 Å². The summed E-state index contributed by atoms with van der Waals surface area (Å²) >= 11 is 0. The number of nitrogens with one attached hydrogen (secondary N) is 1. The zero-order valence-electron chi connectivity index (χ0n) is 16.5. The highest BCUT2D eigenvalue weighted by molar-refractivity contribution is 5.94. The first-order chi connectivity index (χ1) is 13.1. The van der Waals surface area contributed by atoms with E-state index < -0.39 is 0 Å². The molecule has 144 valence electrons. The zero-order chi connectivity index (χ0) is 19.1. The first-order valence-electron chi connectivity index (χ1n) is 9.92. The van der Waals surface area contributed by atoms with Crippen LogP contribution >= 0.6 is 0 Å². The Labute approximate surface area is 162 Å². The molecule has 0 radical (unpaired) electrons. The Morgan fingerprint density at radius 1 is 1.04 bits per heavy atom. The van der Waals surface area contributed by atoms with E-state index >= 15 is 0 Å². The summed E-state index contributed by atoms with van der Waals surface area (Å²) < 4.78 is 5.79. The summed E-state index contributed by atoms with van der Waals surface area (Å²) in [6.45, 7) is 8.41. The first kappa shape index (κ1) is 19.4. The monoisotopic (exact) mass is 366 g/mol. The maximum atomic E-state index is 12.3. The third kappa shape index (κ3) is 5.57. The van der Waals surface area contributed by atoms with Gasteiger partial charge in [0.25, 0.3) is 5.91 Å². The molecule has 1 heterocycles. The van der Waals surface area contributed by atoms with Crippen LogP contribution in [0.4, 0.5) is 0 Å². The van der Waals surface area contributed by atoms with Crippen LogP contribution in [-0.2, 0) is 6.54 Å². The zero-order valence-corrected chi connectivity index (χ0v) is 16.5. The number of hydrogen-bond donors (Lipinski definition) is 1. The lowest BCUT2D eigenvalue weighted by Gasteiger charge is -2.26. The minimum Gasteiger partial charge on any atom is -0.491 e. The molecule has 0 aliphatic carbocycles. The molecule has 0 unspecified atom stereocenters. The SMILES string of the molecule is Cc1cccc(OCCNC(=O)c2ccc(CN3CCCCC3)cc2)c1C. The largest absolute Gasteiger partial charge is 0.491 e. The molecule has 1 aliphatic rings. The molecule has 4 heteroatoms. The van der Waals surface area contributed by atoms with Crippen molar-refractivity contribution in [2.24, 2.45) is 0 Å². The van der Waals surface area contributed by atoms with E-state index in [-0.39, 0.29) is 5.91 Å². The number of nitrogens with zero attached hydrogens (tertiary/aromatic N) is 1. The van der Waals surface area contributed by atoms with E-state index in [0.29, 0.717) is 18.7 Å². The predicted molar refractivity (Wildman–Crippen MR) is 109 cm³/mol. The van der Waals surface area contributed by atoms with E-state index in [1.165, 1.54) is 43.5 Å². The van der Waals surface area contributed by atoms with Gasteiger partial charge >= 0.3 is 0 Å². The number of piperidine rings is 1. The molecule has 0 spiro atoms. The Balaban J connectivity index is 1.43. The molecule has 1 aliphatic heterocycles. The molecule has 1 fully saturated rings. The van der Waals surface area contributed by atoms with Gasteiger partial charge in [0.15, 0.2) is 0 Å². The summed E-state index contributed by atoms with van der Waals surface area (Å²) in [7, 11) is 0. The number of likely N-dealkylation sites (tertiary alicyclic amines) is 1. The lowest BCUT2D eigenvalue weighted by molar-refractivity contribution is 0.0947. The van der Waals surface area contributed by atoms with Crippen molar-refractivity contribution in [2.75, 3.05) is 26.2 Å². The van der Waals surface area contributed by atoms with Crippen LogP contribution in [0.3, 0.4) is 0 Å². The molecule has 1 saturated heterocycles.